The van der Waals surface area contributed by atoms with Crippen molar-refractivity contribution < 1.29 is 9.90 Å². The molecule has 1 fully saturated rings. The topological polar surface area (TPSA) is 88.0 Å². The summed E-state index contributed by atoms with van der Waals surface area (Å²) >= 11 is 0. The van der Waals surface area contributed by atoms with Gasteiger partial charge in [0.2, 0.25) is 0 Å². The normalized spacial score (nSPS) is 19.8. The van der Waals surface area contributed by atoms with Crippen molar-refractivity contribution in [2.75, 3.05) is 0 Å². The zero-order chi connectivity index (χ0) is 19.5. The summed E-state index contributed by atoms with van der Waals surface area (Å²) in [4.78, 5) is 25.9. The fraction of sp³-hybridized carbons (Fsp3) is 0.364. The Morgan fingerprint density at radius 2 is 2.07 bits per heavy atom. The van der Waals surface area contributed by atoms with Crippen LogP contribution in [-0.4, -0.2) is 32.1 Å². The van der Waals surface area contributed by atoms with Crippen molar-refractivity contribution in [1.82, 2.24) is 20.3 Å². The van der Waals surface area contributed by atoms with Crippen molar-refractivity contribution in [2.24, 2.45) is 5.92 Å². The largest absolute Gasteiger partial charge is 0.393 e. The minimum Gasteiger partial charge on any atom is -0.393 e. The number of hydrogen-bond acceptors (Lipinski definition) is 5. The van der Waals surface area contributed by atoms with Crippen LogP contribution in [0.1, 0.15) is 53.8 Å². The molecule has 0 aliphatic heterocycles. The lowest BCUT2D eigenvalue weighted by molar-refractivity contribution is 0.0235. The van der Waals surface area contributed by atoms with Crippen LogP contribution in [0.5, 0.6) is 0 Å². The number of hydrogen-bond donors (Lipinski definition) is 2. The standard InChI is InChI=1S/C22H24N4O2/c1-2-5-20-18(12-23-13-25-20)22(28)26-21(15-9-17(27)10-15)16-8-14-6-3-4-7-19(14)24-11-16/h3-4,6-8,11-13,15,17,21,27H,2,5,9-10H2,1H3,(H,26,28). The molecule has 144 valence electrons. The molecule has 2 N–H and O–H groups in total. The number of rotatable bonds is 6. The van der Waals surface area contributed by atoms with Gasteiger partial charge in [-0.25, -0.2) is 9.97 Å². The molecule has 6 nitrogen and oxygen atoms in total. The number of aliphatic hydroxyl groups excluding tert-OH is 1. The Labute approximate surface area is 164 Å². The number of aromatic nitrogens is 3. The number of carbonyl (C=O) groups excluding carboxylic acids is 1. The van der Waals surface area contributed by atoms with Gasteiger partial charge in [-0.05, 0) is 42.9 Å². The van der Waals surface area contributed by atoms with E-state index in [4.69, 9.17) is 0 Å². The second-order valence-electron chi connectivity index (χ2n) is 7.43. The fourth-order valence-corrected chi connectivity index (χ4v) is 3.83. The van der Waals surface area contributed by atoms with Crippen LogP contribution in [-0.2, 0) is 6.42 Å². The Hall–Kier alpha value is -2.86. The minimum absolute atomic E-state index is 0.177. The third-order valence-corrected chi connectivity index (χ3v) is 5.40. The van der Waals surface area contributed by atoms with Gasteiger partial charge in [-0.3, -0.25) is 9.78 Å². The second-order valence-corrected chi connectivity index (χ2v) is 7.43. The first-order valence-electron chi connectivity index (χ1n) is 9.78. The Bertz CT molecular complexity index is 985. The van der Waals surface area contributed by atoms with E-state index >= 15 is 0 Å². The Balaban J connectivity index is 1.64. The summed E-state index contributed by atoms with van der Waals surface area (Å²) in [5.41, 5.74) is 3.16. The summed E-state index contributed by atoms with van der Waals surface area (Å²) in [6.45, 7) is 2.06. The van der Waals surface area contributed by atoms with Crippen molar-refractivity contribution in [3.8, 4) is 0 Å². The summed E-state index contributed by atoms with van der Waals surface area (Å²) in [7, 11) is 0. The monoisotopic (exact) mass is 376 g/mol. The van der Waals surface area contributed by atoms with Gasteiger partial charge < -0.3 is 10.4 Å². The molecule has 0 spiro atoms. The van der Waals surface area contributed by atoms with Gasteiger partial charge in [-0.1, -0.05) is 31.5 Å². The van der Waals surface area contributed by atoms with Crippen LogP contribution in [0.15, 0.2) is 49.1 Å². The van der Waals surface area contributed by atoms with E-state index in [1.54, 1.807) is 6.20 Å². The lowest BCUT2D eigenvalue weighted by Gasteiger charge is -2.38. The predicted molar refractivity (Wildman–Crippen MR) is 107 cm³/mol. The molecule has 2 aromatic heterocycles. The molecule has 3 aromatic rings. The maximum absolute atomic E-state index is 13.0. The molecule has 28 heavy (non-hydrogen) atoms. The number of carbonyl (C=O) groups is 1. The number of fused-ring (bicyclic) bond motifs is 1. The van der Waals surface area contributed by atoms with E-state index in [9.17, 15) is 9.90 Å². The molecule has 4 rings (SSSR count). The number of para-hydroxylation sites is 1. The van der Waals surface area contributed by atoms with Gasteiger partial charge in [0, 0.05) is 17.8 Å². The minimum atomic E-state index is -0.298. The van der Waals surface area contributed by atoms with Crippen molar-refractivity contribution in [1.29, 1.82) is 0 Å². The van der Waals surface area contributed by atoms with E-state index in [-0.39, 0.29) is 24.0 Å². The molecule has 6 heteroatoms. The Kier molecular flexibility index (Phi) is 5.30. The number of amides is 1. The SMILES string of the molecule is CCCc1ncncc1C(=O)NC(c1cnc2ccccc2c1)C1CC(O)C1. The zero-order valence-corrected chi connectivity index (χ0v) is 15.9. The number of nitrogens with zero attached hydrogens (tertiary/aromatic N) is 3. The number of aliphatic hydroxyl groups is 1. The van der Waals surface area contributed by atoms with Crippen LogP contribution in [0.3, 0.4) is 0 Å². The first-order chi connectivity index (χ1) is 13.7. The van der Waals surface area contributed by atoms with Crippen LogP contribution in [0.25, 0.3) is 10.9 Å². The highest BCUT2D eigenvalue weighted by atomic mass is 16.3. The highest BCUT2D eigenvalue weighted by Gasteiger charge is 2.36. The van der Waals surface area contributed by atoms with Crippen LogP contribution in [0, 0.1) is 5.92 Å². The highest BCUT2D eigenvalue weighted by Crippen LogP contribution is 2.38. The van der Waals surface area contributed by atoms with E-state index in [2.05, 4.69) is 33.3 Å². The average Bonchev–Trinajstić information content (AvgIpc) is 2.70. The number of aryl methyl sites for hydroxylation is 1. The van der Waals surface area contributed by atoms with Gasteiger partial charge in [0.1, 0.15) is 6.33 Å². The summed E-state index contributed by atoms with van der Waals surface area (Å²) in [6.07, 6.45) is 7.57. The van der Waals surface area contributed by atoms with E-state index in [0.29, 0.717) is 18.4 Å². The lowest BCUT2D eigenvalue weighted by Crippen LogP contribution is -2.41. The third kappa shape index (κ3) is 3.73. The molecule has 1 aromatic carbocycles. The van der Waals surface area contributed by atoms with Gasteiger partial charge >= 0.3 is 0 Å². The van der Waals surface area contributed by atoms with Gasteiger partial charge in [0.25, 0.3) is 5.91 Å². The number of benzene rings is 1. The molecule has 2 heterocycles. The van der Waals surface area contributed by atoms with E-state index in [1.165, 1.54) is 6.33 Å². The Morgan fingerprint density at radius 3 is 2.86 bits per heavy atom. The van der Waals surface area contributed by atoms with Crippen LogP contribution < -0.4 is 5.32 Å². The predicted octanol–water partition coefficient (Wildman–Crippen LogP) is 3.22. The number of nitrogens with one attached hydrogen (secondary N) is 1. The molecule has 1 unspecified atom stereocenters. The van der Waals surface area contributed by atoms with Gasteiger partial charge in [-0.15, -0.1) is 0 Å². The molecule has 0 bridgehead atoms. The molecule has 1 aliphatic rings. The first-order valence-corrected chi connectivity index (χ1v) is 9.78. The maximum atomic E-state index is 13.0. The molecule has 0 saturated heterocycles. The number of pyridine rings is 1. The van der Waals surface area contributed by atoms with E-state index < -0.39 is 0 Å². The van der Waals surface area contributed by atoms with E-state index in [0.717, 1.165) is 35.0 Å². The van der Waals surface area contributed by atoms with Gasteiger partial charge in [0.15, 0.2) is 0 Å². The fourth-order valence-electron chi connectivity index (χ4n) is 3.83. The quantitative estimate of drug-likeness (QED) is 0.690. The van der Waals surface area contributed by atoms with Gasteiger partial charge in [0.05, 0.1) is 28.9 Å². The van der Waals surface area contributed by atoms with Crippen molar-refractivity contribution >= 4 is 16.8 Å². The molecular formula is C22H24N4O2. The van der Waals surface area contributed by atoms with Gasteiger partial charge in [-0.2, -0.15) is 0 Å². The van der Waals surface area contributed by atoms with Crippen molar-refractivity contribution in [3.05, 3.63) is 65.9 Å². The summed E-state index contributed by atoms with van der Waals surface area (Å²) < 4.78 is 0. The summed E-state index contributed by atoms with van der Waals surface area (Å²) in [5, 5.41) is 14.0. The maximum Gasteiger partial charge on any atom is 0.255 e. The Morgan fingerprint density at radius 1 is 1.25 bits per heavy atom. The lowest BCUT2D eigenvalue weighted by atomic mass is 9.75. The smallest absolute Gasteiger partial charge is 0.255 e. The zero-order valence-electron chi connectivity index (χ0n) is 15.9. The molecule has 1 saturated carbocycles. The second kappa shape index (κ2) is 8.02. The van der Waals surface area contributed by atoms with Crippen molar-refractivity contribution in [2.45, 2.75) is 44.8 Å². The summed E-state index contributed by atoms with van der Waals surface area (Å²) in [6, 6.07) is 9.80. The third-order valence-electron chi connectivity index (χ3n) is 5.40. The highest BCUT2D eigenvalue weighted by molar-refractivity contribution is 5.95. The summed E-state index contributed by atoms with van der Waals surface area (Å²) in [5.74, 6) is 0.00441. The molecule has 1 atom stereocenters. The van der Waals surface area contributed by atoms with Crippen LogP contribution in [0.2, 0.25) is 0 Å². The van der Waals surface area contributed by atoms with E-state index in [1.807, 2.05) is 30.5 Å². The molecule has 1 amide bonds. The van der Waals surface area contributed by atoms with Crippen LogP contribution in [0.4, 0.5) is 0 Å². The average molecular weight is 376 g/mol. The van der Waals surface area contributed by atoms with Crippen LogP contribution >= 0.6 is 0 Å². The molecule has 0 radical (unpaired) electrons. The van der Waals surface area contributed by atoms with Crippen molar-refractivity contribution in [3.63, 3.8) is 0 Å². The molecule has 1 aliphatic carbocycles. The first kappa shape index (κ1) is 18.5. The molecular weight excluding hydrogens is 352 g/mol.